The number of rotatable bonds is 5. The number of carbonyl (C=O) groups excluding carboxylic acids is 1. The first kappa shape index (κ1) is 21.6. The van der Waals surface area contributed by atoms with Crippen LogP contribution in [0.3, 0.4) is 0 Å². The third-order valence-corrected chi connectivity index (χ3v) is 6.27. The Morgan fingerprint density at radius 1 is 1.18 bits per heavy atom. The number of carbonyl (C=O) groups is 1. The van der Waals surface area contributed by atoms with Gasteiger partial charge >= 0.3 is 0 Å². The molecule has 0 spiro atoms. The number of hydrogen-bond donors (Lipinski definition) is 2. The van der Waals surface area contributed by atoms with E-state index in [0.717, 1.165) is 47.1 Å². The summed E-state index contributed by atoms with van der Waals surface area (Å²) >= 11 is 6.48. The van der Waals surface area contributed by atoms with Gasteiger partial charge in [0.1, 0.15) is 11.6 Å². The zero-order valence-electron chi connectivity index (χ0n) is 17.9. The van der Waals surface area contributed by atoms with Gasteiger partial charge in [0.2, 0.25) is 5.91 Å². The fourth-order valence-electron chi connectivity index (χ4n) is 4.17. The van der Waals surface area contributed by atoms with E-state index in [1.807, 2.05) is 22.8 Å². The Hall–Kier alpha value is -3.29. The molecule has 1 aliphatic heterocycles. The van der Waals surface area contributed by atoms with Crippen molar-refractivity contribution in [1.29, 1.82) is 0 Å². The van der Waals surface area contributed by atoms with Crippen LogP contribution in [0.2, 0.25) is 5.02 Å². The van der Waals surface area contributed by atoms with Gasteiger partial charge in [-0.05, 0) is 60.8 Å². The zero-order valence-corrected chi connectivity index (χ0v) is 18.6. The van der Waals surface area contributed by atoms with E-state index in [-0.39, 0.29) is 17.6 Å². The molecule has 1 aliphatic rings. The Morgan fingerprint density at radius 3 is 2.82 bits per heavy atom. The Morgan fingerprint density at radius 2 is 2.03 bits per heavy atom. The van der Waals surface area contributed by atoms with E-state index in [2.05, 4.69) is 20.6 Å². The number of fused-ring (bicyclic) bond motifs is 1. The number of aromatic nitrogens is 3. The van der Waals surface area contributed by atoms with E-state index in [4.69, 9.17) is 11.6 Å². The lowest BCUT2D eigenvalue weighted by molar-refractivity contribution is -0.120. The molecule has 3 heterocycles. The lowest BCUT2D eigenvalue weighted by Crippen LogP contribution is -2.37. The van der Waals surface area contributed by atoms with Crippen LogP contribution in [-0.4, -0.2) is 33.5 Å². The number of imidazole rings is 1. The number of anilines is 1. The minimum Gasteiger partial charge on any atom is -0.326 e. The Bertz CT molecular complexity index is 1300. The maximum atomic E-state index is 13.2. The van der Waals surface area contributed by atoms with E-state index in [9.17, 15) is 9.18 Å². The molecule has 5 rings (SSSR count). The highest BCUT2D eigenvalue weighted by molar-refractivity contribution is 6.33. The SMILES string of the molecule is O=C(Nc1cc(-c2ccc3ncn(Cc4ccc(F)cc4)c3c2)c(Cl)cn1)[C@@H]1CCCNC1. The highest BCUT2D eigenvalue weighted by Crippen LogP contribution is 2.31. The molecule has 0 unspecified atom stereocenters. The molecule has 1 atom stereocenters. The van der Waals surface area contributed by atoms with Gasteiger partial charge in [-0.1, -0.05) is 29.8 Å². The summed E-state index contributed by atoms with van der Waals surface area (Å²) in [7, 11) is 0. The van der Waals surface area contributed by atoms with E-state index in [0.29, 0.717) is 23.9 Å². The van der Waals surface area contributed by atoms with Gasteiger partial charge in [-0.2, -0.15) is 0 Å². The van der Waals surface area contributed by atoms with E-state index >= 15 is 0 Å². The average molecular weight is 464 g/mol. The first-order valence-electron chi connectivity index (χ1n) is 10.9. The van der Waals surface area contributed by atoms with Crippen LogP contribution in [0.5, 0.6) is 0 Å². The van der Waals surface area contributed by atoms with Crippen LogP contribution in [0.25, 0.3) is 22.2 Å². The molecule has 4 aromatic rings. The largest absolute Gasteiger partial charge is 0.326 e. The summed E-state index contributed by atoms with van der Waals surface area (Å²) < 4.78 is 15.3. The molecule has 2 aromatic heterocycles. The predicted molar refractivity (Wildman–Crippen MR) is 128 cm³/mol. The summed E-state index contributed by atoms with van der Waals surface area (Å²) in [4.78, 5) is 21.4. The molecule has 0 aliphatic carbocycles. The van der Waals surface area contributed by atoms with Gasteiger partial charge < -0.3 is 15.2 Å². The van der Waals surface area contributed by atoms with Crippen LogP contribution < -0.4 is 10.6 Å². The Labute approximate surface area is 195 Å². The summed E-state index contributed by atoms with van der Waals surface area (Å²) in [5.41, 5.74) is 4.43. The van der Waals surface area contributed by atoms with Crippen molar-refractivity contribution in [2.75, 3.05) is 18.4 Å². The average Bonchev–Trinajstić information content (AvgIpc) is 3.24. The summed E-state index contributed by atoms with van der Waals surface area (Å²) in [6.07, 6.45) is 5.19. The number of piperidine rings is 1. The molecule has 33 heavy (non-hydrogen) atoms. The van der Waals surface area contributed by atoms with Crippen LogP contribution in [0.15, 0.2) is 61.1 Å². The Balaban J connectivity index is 1.42. The highest BCUT2D eigenvalue weighted by Gasteiger charge is 2.21. The third kappa shape index (κ3) is 4.74. The number of halogens is 2. The van der Waals surface area contributed by atoms with E-state index in [1.54, 1.807) is 30.7 Å². The third-order valence-electron chi connectivity index (χ3n) is 5.97. The Kier molecular flexibility index (Phi) is 6.07. The lowest BCUT2D eigenvalue weighted by atomic mass is 9.99. The molecule has 1 amide bonds. The topological polar surface area (TPSA) is 71.8 Å². The summed E-state index contributed by atoms with van der Waals surface area (Å²) in [6.45, 7) is 2.20. The quantitative estimate of drug-likeness (QED) is 0.442. The molecular formula is C25H23ClFN5O. The smallest absolute Gasteiger partial charge is 0.229 e. The van der Waals surface area contributed by atoms with Gasteiger partial charge in [0.15, 0.2) is 0 Å². The van der Waals surface area contributed by atoms with Crippen molar-refractivity contribution in [3.05, 3.63) is 77.5 Å². The molecule has 1 fully saturated rings. The fraction of sp³-hybridized carbons (Fsp3) is 0.240. The minimum atomic E-state index is -0.258. The van der Waals surface area contributed by atoms with Gasteiger partial charge in [0.25, 0.3) is 0 Å². The molecule has 1 saturated heterocycles. The van der Waals surface area contributed by atoms with E-state index < -0.39 is 0 Å². The van der Waals surface area contributed by atoms with Crippen molar-refractivity contribution in [2.45, 2.75) is 19.4 Å². The monoisotopic (exact) mass is 463 g/mol. The van der Waals surface area contributed by atoms with Crippen LogP contribution in [0, 0.1) is 11.7 Å². The number of nitrogens with one attached hydrogen (secondary N) is 2. The zero-order chi connectivity index (χ0) is 22.8. The summed E-state index contributed by atoms with van der Waals surface area (Å²) in [6, 6.07) is 14.2. The van der Waals surface area contributed by atoms with Gasteiger partial charge in [0, 0.05) is 24.8 Å². The molecule has 0 radical (unpaired) electrons. The first-order chi connectivity index (χ1) is 16.1. The van der Waals surface area contributed by atoms with Crippen molar-refractivity contribution in [1.82, 2.24) is 19.9 Å². The molecular weight excluding hydrogens is 441 g/mol. The lowest BCUT2D eigenvalue weighted by Gasteiger charge is -2.21. The fourth-order valence-corrected chi connectivity index (χ4v) is 4.38. The van der Waals surface area contributed by atoms with Gasteiger partial charge in [-0.15, -0.1) is 0 Å². The summed E-state index contributed by atoms with van der Waals surface area (Å²) in [5, 5.41) is 6.69. The molecule has 2 N–H and O–H groups in total. The van der Waals surface area contributed by atoms with Crippen molar-refractivity contribution < 1.29 is 9.18 Å². The van der Waals surface area contributed by atoms with Crippen LogP contribution in [0.1, 0.15) is 18.4 Å². The standard InChI is InChI=1S/C25H23ClFN5O/c26-21-13-29-24(31-25(33)18-2-1-9-28-12-18)11-20(21)17-5-8-22-23(10-17)32(15-30-22)14-16-3-6-19(27)7-4-16/h3-8,10-11,13,15,18,28H,1-2,9,12,14H2,(H,29,31,33)/t18-/m1/s1. The normalized spacial score (nSPS) is 16.1. The van der Waals surface area contributed by atoms with Gasteiger partial charge in [-0.3, -0.25) is 4.79 Å². The van der Waals surface area contributed by atoms with Crippen molar-refractivity contribution in [3.63, 3.8) is 0 Å². The summed E-state index contributed by atoms with van der Waals surface area (Å²) in [5.74, 6) is 0.129. The number of benzene rings is 2. The van der Waals surface area contributed by atoms with Gasteiger partial charge in [0.05, 0.1) is 28.3 Å². The number of pyridine rings is 1. The molecule has 2 aromatic carbocycles. The van der Waals surface area contributed by atoms with Crippen LogP contribution in [0.4, 0.5) is 10.2 Å². The maximum absolute atomic E-state index is 13.2. The second-order valence-corrected chi connectivity index (χ2v) is 8.69. The van der Waals surface area contributed by atoms with Crippen molar-refractivity contribution >= 4 is 34.4 Å². The van der Waals surface area contributed by atoms with Crippen molar-refractivity contribution in [3.8, 4) is 11.1 Å². The number of amides is 1. The molecule has 0 saturated carbocycles. The van der Waals surface area contributed by atoms with Crippen molar-refractivity contribution in [2.24, 2.45) is 5.92 Å². The van der Waals surface area contributed by atoms with Crippen LogP contribution in [-0.2, 0) is 11.3 Å². The van der Waals surface area contributed by atoms with Crippen LogP contribution >= 0.6 is 11.6 Å². The first-order valence-corrected chi connectivity index (χ1v) is 11.3. The highest BCUT2D eigenvalue weighted by atomic mass is 35.5. The predicted octanol–water partition coefficient (Wildman–Crippen LogP) is 4.88. The molecule has 168 valence electrons. The van der Waals surface area contributed by atoms with E-state index in [1.165, 1.54) is 12.1 Å². The minimum absolute atomic E-state index is 0.0317. The second kappa shape index (κ2) is 9.29. The molecule has 0 bridgehead atoms. The molecule has 8 heteroatoms. The molecule has 6 nitrogen and oxygen atoms in total. The number of hydrogen-bond acceptors (Lipinski definition) is 4. The van der Waals surface area contributed by atoms with Gasteiger partial charge in [-0.25, -0.2) is 14.4 Å². The second-order valence-electron chi connectivity index (χ2n) is 8.28. The number of nitrogens with zero attached hydrogens (tertiary/aromatic N) is 3. The maximum Gasteiger partial charge on any atom is 0.229 e.